The van der Waals surface area contributed by atoms with Gasteiger partial charge in [-0.3, -0.25) is 0 Å². The molecule has 3 nitrogen and oxygen atoms in total. The summed E-state index contributed by atoms with van der Waals surface area (Å²) in [6.07, 6.45) is 6.21. The molecule has 0 bridgehead atoms. The minimum Gasteiger partial charge on any atom is -0.435 e. The van der Waals surface area contributed by atoms with Crippen molar-refractivity contribution in [1.29, 1.82) is 0 Å². The summed E-state index contributed by atoms with van der Waals surface area (Å²) in [5, 5.41) is 0. The van der Waals surface area contributed by atoms with Crippen LogP contribution in [0.3, 0.4) is 0 Å². The molecule has 102 valence electrons. The molecule has 1 aliphatic carbocycles. The molecular formula is C15H18O3S. The van der Waals surface area contributed by atoms with Gasteiger partial charge in [-0.15, -0.1) is 11.8 Å². The third-order valence-electron chi connectivity index (χ3n) is 3.12. The van der Waals surface area contributed by atoms with Gasteiger partial charge in [0.1, 0.15) is 6.10 Å². The van der Waals surface area contributed by atoms with Gasteiger partial charge >= 0.3 is 6.16 Å². The first-order chi connectivity index (χ1) is 9.24. The molecule has 0 aliphatic heterocycles. The van der Waals surface area contributed by atoms with Crippen LogP contribution in [0.4, 0.5) is 4.79 Å². The number of ether oxygens (including phenoxy) is 2. The molecular weight excluding hydrogens is 260 g/mol. The summed E-state index contributed by atoms with van der Waals surface area (Å²) in [6, 6.07) is 8.36. The van der Waals surface area contributed by atoms with Gasteiger partial charge in [-0.1, -0.05) is 24.3 Å². The highest BCUT2D eigenvalue weighted by Gasteiger charge is 2.28. The molecule has 1 aromatic carbocycles. The van der Waals surface area contributed by atoms with Crippen LogP contribution in [0.15, 0.2) is 41.3 Å². The van der Waals surface area contributed by atoms with Gasteiger partial charge in [-0.05, 0) is 30.9 Å². The summed E-state index contributed by atoms with van der Waals surface area (Å²) in [6.45, 7) is 2.11. The highest BCUT2D eigenvalue weighted by Crippen LogP contribution is 2.32. The Hall–Kier alpha value is -1.42. The van der Waals surface area contributed by atoms with E-state index in [4.69, 9.17) is 9.47 Å². The molecule has 0 N–H and O–H groups in total. The Labute approximate surface area is 118 Å². The standard InChI is InChI=1S/C15H18O3S/c1-3-17-15(16)18-14-6-4-5-13(14)11-7-9-12(19-2)10-8-11/h4-5,7-10,13-14H,3,6H2,1-2H3/t13-,14+/m0/s1. The quantitative estimate of drug-likeness (QED) is 0.474. The number of hydrogen-bond acceptors (Lipinski definition) is 4. The van der Waals surface area contributed by atoms with Crippen molar-refractivity contribution >= 4 is 17.9 Å². The molecule has 2 atom stereocenters. The zero-order valence-corrected chi connectivity index (χ0v) is 12.0. The Morgan fingerprint density at radius 2 is 2.11 bits per heavy atom. The molecule has 0 radical (unpaired) electrons. The molecule has 0 saturated heterocycles. The monoisotopic (exact) mass is 278 g/mol. The molecule has 0 saturated carbocycles. The lowest BCUT2D eigenvalue weighted by Crippen LogP contribution is -2.22. The fourth-order valence-electron chi connectivity index (χ4n) is 2.18. The van der Waals surface area contributed by atoms with Gasteiger partial charge in [0, 0.05) is 17.2 Å². The molecule has 0 heterocycles. The maximum atomic E-state index is 11.4. The van der Waals surface area contributed by atoms with E-state index in [1.807, 2.05) is 0 Å². The Morgan fingerprint density at radius 3 is 2.74 bits per heavy atom. The lowest BCUT2D eigenvalue weighted by Gasteiger charge is -2.20. The second kappa shape index (κ2) is 6.66. The number of thioether (sulfide) groups is 1. The van der Waals surface area contributed by atoms with E-state index in [0.29, 0.717) is 6.61 Å². The average molecular weight is 278 g/mol. The van der Waals surface area contributed by atoms with E-state index in [9.17, 15) is 4.79 Å². The Kier molecular flexibility index (Phi) is 4.91. The van der Waals surface area contributed by atoms with E-state index in [-0.39, 0.29) is 12.0 Å². The Balaban J connectivity index is 2.04. The van der Waals surface area contributed by atoms with Crippen LogP contribution in [-0.4, -0.2) is 25.1 Å². The lowest BCUT2D eigenvalue weighted by atomic mass is 9.96. The predicted molar refractivity (Wildman–Crippen MR) is 76.6 cm³/mol. The summed E-state index contributed by atoms with van der Waals surface area (Å²) in [5.74, 6) is 0.125. The SMILES string of the molecule is CCOC(=O)O[C@@H]1CC=C[C@H]1c1ccc(SC)cc1. The number of hydrogen-bond donors (Lipinski definition) is 0. The maximum Gasteiger partial charge on any atom is 0.508 e. The first-order valence-electron chi connectivity index (χ1n) is 6.38. The van der Waals surface area contributed by atoms with Gasteiger partial charge in [0.05, 0.1) is 6.61 Å². The molecule has 0 unspecified atom stereocenters. The zero-order valence-electron chi connectivity index (χ0n) is 11.2. The minimum atomic E-state index is -0.582. The van der Waals surface area contributed by atoms with E-state index in [0.717, 1.165) is 6.42 Å². The van der Waals surface area contributed by atoms with Crippen LogP contribution < -0.4 is 0 Å². The smallest absolute Gasteiger partial charge is 0.435 e. The summed E-state index contributed by atoms with van der Waals surface area (Å²) in [7, 11) is 0. The molecule has 19 heavy (non-hydrogen) atoms. The van der Waals surface area contributed by atoms with Crippen molar-refractivity contribution in [3.63, 3.8) is 0 Å². The van der Waals surface area contributed by atoms with Gasteiger partial charge < -0.3 is 9.47 Å². The van der Waals surface area contributed by atoms with Crippen molar-refractivity contribution in [1.82, 2.24) is 0 Å². The van der Waals surface area contributed by atoms with Crippen LogP contribution in [0.2, 0.25) is 0 Å². The minimum absolute atomic E-state index is 0.125. The molecule has 0 aromatic heterocycles. The van der Waals surface area contributed by atoms with E-state index in [2.05, 4.69) is 42.7 Å². The average Bonchev–Trinajstić information content (AvgIpc) is 2.87. The third kappa shape index (κ3) is 3.53. The second-order valence-electron chi connectivity index (χ2n) is 4.30. The first kappa shape index (κ1) is 14.0. The van der Waals surface area contributed by atoms with E-state index >= 15 is 0 Å². The molecule has 0 amide bonds. The van der Waals surface area contributed by atoms with Gasteiger partial charge in [0.15, 0.2) is 0 Å². The molecule has 0 fully saturated rings. The van der Waals surface area contributed by atoms with Crippen LogP contribution in [0.25, 0.3) is 0 Å². The van der Waals surface area contributed by atoms with E-state index in [1.165, 1.54) is 10.5 Å². The van der Waals surface area contributed by atoms with Crippen molar-refractivity contribution < 1.29 is 14.3 Å². The summed E-state index contributed by atoms with van der Waals surface area (Å²) in [5.41, 5.74) is 1.17. The van der Waals surface area contributed by atoms with Crippen molar-refractivity contribution in [2.24, 2.45) is 0 Å². The number of carbonyl (C=O) groups is 1. The molecule has 1 aromatic rings. The molecule has 2 rings (SSSR count). The fraction of sp³-hybridized carbons (Fsp3) is 0.400. The fourth-order valence-corrected chi connectivity index (χ4v) is 2.59. The Bertz CT molecular complexity index is 453. The van der Waals surface area contributed by atoms with Gasteiger partial charge in [-0.2, -0.15) is 0 Å². The highest BCUT2D eigenvalue weighted by molar-refractivity contribution is 7.98. The van der Waals surface area contributed by atoms with Crippen LogP contribution in [0.5, 0.6) is 0 Å². The topological polar surface area (TPSA) is 35.5 Å². The Morgan fingerprint density at radius 1 is 1.37 bits per heavy atom. The van der Waals surface area contributed by atoms with Gasteiger partial charge in [-0.25, -0.2) is 4.79 Å². The number of benzene rings is 1. The third-order valence-corrected chi connectivity index (χ3v) is 3.87. The van der Waals surface area contributed by atoms with Crippen molar-refractivity contribution in [3.8, 4) is 0 Å². The zero-order chi connectivity index (χ0) is 13.7. The van der Waals surface area contributed by atoms with Crippen LogP contribution in [0, 0.1) is 0 Å². The molecule has 4 heteroatoms. The van der Waals surface area contributed by atoms with E-state index in [1.54, 1.807) is 18.7 Å². The van der Waals surface area contributed by atoms with Crippen molar-refractivity contribution in [3.05, 3.63) is 42.0 Å². The van der Waals surface area contributed by atoms with Gasteiger partial charge in [0.2, 0.25) is 0 Å². The van der Waals surface area contributed by atoms with E-state index < -0.39 is 6.16 Å². The summed E-state index contributed by atoms with van der Waals surface area (Å²) < 4.78 is 10.2. The van der Waals surface area contributed by atoms with Crippen molar-refractivity contribution in [2.75, 3.05) is 12.9 Å². The van der Waals surface area contributed by atoms with Crippen molar-refractivity contribution in [2.45, 2.75) is 30.3 Å². The number of carbonyl (C=O) groups excluding carboxylic acids is 1. The molecule has 0 spiro atoms. The van der Waals surface area contributed by atoms with Crippen LogP contribution in [-0.2, 0) is 9.47 Å². The van der Waals surface area contributed by atoms with Gasteiger partial charge in [0.25, 0.3) is 0 Å². The largest absolute Gasteiger partial charge is 0.508 e. The summed E-state index contributed by atoms with van der Waals surface area (Å²) >= 11 is 1.71. The first-order valence-corrected chi connectivity index (χ1v) is 7.61. The normalized spacial score (nSPS) is 21.4. The predicted octanol–water partition coefficient (Wildman–Crippen LogP) is 3.99. The summed E-state index contributed by atoms with van der Waals surface area (Å²) in [4.78, 5) is 12.6. The lowest BCUT2D eigenvalue weighted by molar-refractivity contribution is 0.0253. The maximum absolute atomic E-state index is 11.4. The van der Waals surface area contributed by atoms with Crippen LogP contribution >= 0.6 is 11.8 Å². The highest BCUT2D eigenvalue weighted by atomic mass is 32.2. The molecule has 1 aliphatic rings. The number of rotatable bonds is 4. The second-order valence-corrected chi connectivity index (χ2v) is 5.18. The van der Waals surface area contributed by atoms with Crippen LogP contribution in [0.1, 0.15) is 24.8 Å².